The van der Waals surface area contributed by atoms with E-state index in [1.165, 1.54) is 0 Å². The largest absolute Gasteiger partial charge is 0.508 e. The lowest BCUT2D eigenvalue weighted by molar-refractivity contribution is 0.300. The summed E-state index contributed by atoms with van der Waals surface area (Å²) in [6.07, 6.45) is 1.05. The van der Waals surface area contributed by atoms with Gasteiger partial charge in [0.1, 0.15) is 11.5 Å². The Hall–Kier alpha value is -1.81. The zero-order valence-corrected chi connectivity index (χ0v) is 15.7. The smallest absolute Gasteiger partial charge is 0.362 e. The van der Waals surface area contributed by atoms with Crippen LogP contribution in [0.3, 0.4) is 0 Å². The van der Waals surface area contributed by atoms with Crippen molar-refractivity contribution in [1.82, 2.24) is 0 Å². The average Bonchev–Trinajstić information content (AvgIpc) is 2.55. The Kier molecular flexibility index (Phi) is 6.28. The summed E-state index contributed by atoms with van der Waals surface area (Å²) in [5.41, 5.74) is 4.16. The Morgan fingerprint density at radius 3 is 2.48 bits per heavy atom. The second-order valence-corrected chi connectivity index (χ2v) is 7.99. The lowest BCUT2D eigenvalue weighted by atomic mass is 9.93. The quantitative estimate of drug-likeness (QED) is 0.637. The van der Waals surface area contributed by atoms with Crippen LogP contribution in [0.5, 0.6) is 11.5 Å². The second-order valence-electron chi connectivity index (χ2n) is 6.41. The molecule has 0 radical (unpaired) electrons. The molecule has 6 heteroatoms. The summed E-state index contributed by atoms with van der Waals surface area (Å²) in [7, 11) is -4.18. The molecule has 2 rings (SSSR count). The van der Waals surface area contributed by atoms with Crippen molar-refractivity contribution in [2.24, 2.45) is 0 Å². The minimum absolute atomic E-state index is 0.296. The number of aromatic hydroxyl groups is 1. The predicted molar refractivity (Wildman–Crippen MR) is 98.3 cm³/mol. The van der Waals surface area contributed by atoms with Gasteiger partial charge >= 0.3 is 7.60 Å². The molecule has 0 aliphatic carbocycles. The van der Waals surface area contributed by atoms with E-state index in [0.29, 0.717) is 23.8 Å². The first-order valence-corrected chi connectivity index (χ1v) is 10.1. The minimum atomic E-state index is -4.18. The molecule has 0 heterocycles. The first-order chi connectivity index (χ1) is 11.7. The van der Waals surface area contributed by atoms with E-state index in [2.05, 4.69) is 13.8 Å². The van der Waals surface area contributed by atoms with E-state index in [9.17, 15) is 9.67 Å². The normalized spacial score (nSPS) is 12.8. The van der Waals surface area contributed by atoms with Crippen LogP contribution in [0, 0.1) is 6.92 Å². The van der Waals surface area contributed by atoms with Gasteiger partial charge in [-0.05, 0) is 66.1 Å². The van der Waals surface area contributed by atoms with E-state index in [1.54, 1.807) is 18.2 Å². The Bertz CT molecular complexity index is 781. The first kappa shape index (κ1) is 19.5. The predicted octanol–water partition coefficient (Wildman–Crippen LogP) is 4.32. The summed E-state index contributed by atoms with van der Waals surface area (Å²) in [6, 6.07) is 11.1. The molecule has 0 fully saturated rings. The van der Waals surface area contributed by atoms with Gasteiger partial charge in [-0.2, -0.15) is 0 Å². The highest BCUT2D eigenvalue weighted by atomic mass is 31.2. The van der Waals surface area contributed by atoms with Crippen molar-refractivity contribution in [2.75, 3.05) is 6.35 Å². The third-order valence-corrected chi connectivity index (χ3v) is 4.81. The number of phenolic OH excluding ortho intramolecular Hbond substituents is 1. The number of ether oxygens (including phenoxy) is 1. The van der Waals surface area contributed by atoms with Crippen LogP contribution < -0.4 is 4.74 Å². The van der Waals surface area contributed by atoms with Gasteiger partial charge in [0, 0.05) is 0 Å². The van der Waals surface area contributed by atoms with Gasteiger partial charge in [-0.3, -0.25) is 4.57 Å². The van der Waals surface area contributed by atoms with Crippen LogP contribution in [0.25, 0.3) is 0 Å². The minimum Gasteiger partial charge on any atom is -0.508 e. The Labute approximate surface area is 148 Å². The van der Waals surface area contributed by atoms with Gasteiger partial charge in [0.25, 0.3) is 0 Å². The molecule has 25 heavy (non-hydrogen) atoms. The summed E-state index contributed by atoms with van der Waals surface area (Å²) in [5, 5.41) is 10.0. The zero-order chi connectivity index (χ0) is 18.6. The van der Waals surface area contributed by atoms with Crippen molar-refractivity contribution in [3.05, 3.63) is 58.7 Å². The van der Waals surface area contributed by atoms with Gasteiger partial charge in [-0.1, -0.05) is 32.0 Å². The molecule has 0 aliphatic rings. The van der Waals surface area contributed by atoms with Crippen molar-refractivity contribution in [2.45, 2.75) is 39.5 Å². The van der Waals surface area contributed by atoms with Crippen LogP contribution in [0.15, 0.2) is 36.4 Å². The number of aryl methyl sites for hydroxylation is 1. The Morgan fingerprint density at radius 2 is 1.88 bits per heavy atom. The van der Waals surface area contributed by atoms with Crippen LogP contribution in [-0.4, -0.2) is 21.2 Å². The molecule has 136 valence electrons. The second kappa shape index (κ2) is 8.05. The maximum absolute atomic E-state index is 10.9. The van der Waals surface area contributed by atoms with E-state index in [4.69, 9.17) is 14.5 Å². The van der Waals surface area contributed by atoms with Crippen molar-refractivity contribution >= 4 is 7.60 Å². The SMILES string of the molecule is CCC(C)c1cc(Cc2ccc(OCP(=O)(O)O)cc2C)ccc1O. The molecule has 2 aromatic carbocycles. The fourth-order valence-electron chi connectivity index (χ4n) is 2.66. The van der Waals surface area contributed by atoms with E-state index in [0.717, 1.165) is 28.7 Å². The molecular formula is C19H25O5P. The number of phenols is 1. The molecule has 2 aromatic rings. The molecule has 0 aliphatic heterocycles. The molecule has 0 bridgehead atoms. The third kappa shape index (κ3) is 5.60. The molecule has 0 aromatic heterocycles. The number of benzene rings is 2. The molecule has 0 saturated heterocycles. The highest BCUT2D eigenvalue weighted by Gasteiger charge is 2.14. The fourth-order valence-corrected chi connectivity index (χ4v) is 2.98. The zero-order valence-electron chi connectivity index (χ0n) is 14.8. The van der Waals surface area contributed by atoms with Gasteiger partial charge in [0.2, 0.25) is 0 Å². The van der Waals surface area contributed by atoms with Gasteiger partial charge < -0.3 is 19.6 Å². The van der Waals surface area contributed by atoms with Gasteiger partial charge in [0.15, 0.2) is 6.35 Å². The average molecular weight is 364 g/mol. The molecule has 5 nitrogen and oxygen atoms in total. The monoisotopic (exact) mass is 364 g/mol. The molecule has 0 amide bonds. The number of hydrogen-bond acceptors (Lipinski definition) is 3. The summed E-state index contributed by atoms with van der Waals surface area (Å²) < 4.78 is 16.0. The summed E-state index contributed by atoms with van der Waals surface area (Å²) in [4.78, 5) is 17.8. The molecule has 1 unspecified atom stereocenters. The van der Waals surface area contributed by atoms with Crippen LogP contribution in [0.2, 0.25) is 0 Å². The van der Waals surface area contributed by atoms with Crippen molar-refractivity contribution < 1.29 is 24.2 Å². The molecule has 0 saturated carbocycles. The standard InChI is InChI=1S/C19H25O5P/c1-4-13(2)18-11-15(5-8-19(18)20)10-16-6-7-17(9-14(16)3)24-12-25(21,22)23/h5-9,11,13,20H,4,10,12H2,1-3H3,(H2,21,22,23). The lowest BCUT2D eigenvalue weighted by Gasteiger charge is -2.14. The number of rotatable bonds is 7. The first-order valence-electron chi connectivity index (χ1n) is 8.28. The molecular weight excluding hydrogens is 339 g/mol. The summed E-state index contributed by atoms with van der Waals surface area (Å²) >= 11 is 0. The highest BCUT2D eigenvalue weighted by molar-refractivity contribution is 7.51. The topological polar surface area (TPSA) is 87.0 Å². The number of hydrogen-bond donors (Lipinski definition) is 3. The fraction of sp³-hybridized carbons (Fsp3) is 0.368. The van der Waals surface area contributed by atoms with E-state index in [-0.39, 0.29) is 0 Å². The van der Waals surface area contributed by atoms with Crippen LogP contribution in [-0.2, 0) is 11.0 Å². The lowest BCUT2D eigenvalue weighted by Crippen LogP contribution is -2.00. The van der Waals surface area contributed by atoms with Crippen molar-refractivity contribution in [1.29, 1.82) is 0 Å². The van der Waals surface area contributed by atoms with E-state index >= 15 is 0 Å². The van der Waals surface area contributed by atoms with E-state index in [1.807, 2.05) is 25.1 Å². The van der Waals surface area contributed by atoms with Crippen LogP contribution in [0.1, 0.15) is 48.4 Å². The molecule has 3 N–H and O–H groups in total. The summed E-state index contributed by atoms with van der Waals surface area (Å²) in [5.74, 6) is 1.07. The van der Waals surface area contributed by atoms with Gasteiger partial charge in [-0.15, -0.1) is 0 Å². The van der Waals surface area contributed by atoms with Crippen molar-refractivity contribution in [3.63, 3.8) is 0 Å². The Balaban J connectivity index is 2.16. The Morgan fingerprint density at radius 1 is 1.16 bits per heavy atom. The van der Waals surface area contributed by atoms with Crippen LogP contribution in [0.4, 0.5) is 0 Å². The molecule has 1 atom stereocenters. The van der Waals surface area contributed by atoms with Gasteiger partial charge in [-0.25, -0.2) is 0 Å². The third-order valence-electron chi connectivity index (χ3n) is 4.34. The van der Waals surface area contributed by atoms with Crippen molar-refractivity contribution in [3.8, 4) is 11.5 Å². The maximum atomic E-state index is 10.9. The van der Waals surface area contributed by atoms with Crippen LogP contribution >= 0.6 is 7.60 Å². The molecule has 0 spiro atoms. The van der Waals surface area contributed by atoms with E-state index < -0.39 is 13.9 Å². The highest BCUT2D eigenvalue weighted by Crippen LogP contribution is 2.35. The summed E-state index contributed by atoms with van der Waals surface area (Å²) in [6.45, 7) is 6.13. The maximum Gasteiger partial charge on any atom is 0.362 e. The van der Waals surface area contributed by atoms with Gasteiger partial charge in [0.05, 0.1) is 0 Å².